The lowest BCUT2D eigenvalue weighted by Gasteiger charge is -2.36. The van der Waals surface area contributed by atoms with Crippen LogP contribution < -0.4 is 5.32 Å². The fraction of sp³-hybridized carbons (Fsp3) is 0.538. The first-order chi connectivity index (χ1) is 8.65. The second-order valence-electron chi connectivity index (χ2n) is 4.64. The smallest absolute Gasteiger partial charge is 0.0615 e. The van der Waals surface area contributed by atoms with Crippen molar-refractivity contribution in [3.63, 3.8) is 0 Å². The van der Waals surface area contributed by atoms with Crippen molar-refractivity contribution in [3.05, 3.63) is 33.8 Å². The SMILES string of the molecule is OCC1(NCc2cc(Cl)ccc2Cl)CCOCC1. The van der Waals surface area contributed by atoms with Crippen LogP contribution in [0.3, 0.4) is 0 Å². The van der Waals surface area contributed by atoms with Gasteiger partial charge in [0, 0.05) is 35.3 Å². The molecular formula is C13H17Cl2NO2. The molecule has 1 aromatic rings. The molecule has 1 saturated heterocycles. The van der Waals surface area contributed by atoms with E-state index >= 15 is 0 Å². The molecule has 0 amide bonds. The minimum absolute atomic E-state index is 0.106. The summed E-state index contributed by atoms with van der Waals surface area (Å²) in [6.07, 6.45) is 1.61. The van der Waals surface area contributed by atoms with Crippen molar-refractivity contribution in [1.29, 1.82) is 0 Å². The highest BCUT2D eigenvalue weighted by Crippen LogP contribution is 2.24. The van der Waals surface area contributed by atoms with Gasteiger partial charge in [-0.3, -0.25) is 0 Å². The zero-order valence-electron chi connectivity index (χ0n) is 10.1. The first kappa shape index (κ1) is 14.1. The Kier molecular flexibility index (Phi) is 4.87. The third kappa shape index (κ3) is 3.37. The number of hydrogen-bond donors (Lipinski definition) is 2. The Morgan fingerprint density at radius 2 is 2.00 bits per heavy atom. The molecule has 5 heteroatoms. The second-order valence-corrected chi connectivity index (χ2v) is 5.48. The normalized spacial score (nSPS) is 18.8. The van der Waals surface area contributed by atoms with Crippen molar-refractivity contribution in [2.45, 2.75) is 24.9 Å². The summed E-state index contributed by atoms with van der Waals surface area (Å²) in [7, 11) is 0. The molecule has 100 valence electrons. The van der Waals surface area contributed by atoms with E-state index in [4.69, 9.17) is 27.9 Å². The number of aliphatic hydroxyl groups excluding tert-OH is 1. The molecule has 0 radical (unpaired) electrons. The van der Waals surface area contributed by atoms with E-state index in [1.165, 1.54) is 0 Å². The van der Waals surface area contributed by atoms with Crippen molar-refractivity contribution >= 4 is 23.2 Å². The molecule has 18 heavy (non-hydrogen) atoms. The molecule has 1 aliphatic heterocycles. The topological polar surface area (TPSA) is 41.5 Å². The van der Waals surface area contributed by atoms with Gasteiger partial charge in [0.05, 0.1) is 6.61 Å². The minimum atomic E-state index is -0.260. The molecule has 1 aromatic carbocycles. The summed E-state index contributed by atoms with van der Waals surface area (Å²) < 4.78 is 5.32. The highest BCUT2D eigenvalue weighted by Gasteiger charge is 2.31. The van der Waals surface area contributed by atoms with E-state index in [2.05, 4.69) is 5.32 Å². The zero-order chi connectivity index (χ0) is 13.0. The van der Waals surface area contributed by atoms with E-state index in [9.17, 15) is 5.11 Å². The quantitative estimate of drug-likeness (QED) is 0.895. The Hall–Kier alpha value is -0.320. The van der Waals surface area contributed by atoms with E-state index in [1.54, 1.807) is 12.1 Å². The number of hydrogen-bond acceptors (Lipinski definition) is 3. The maximum Gasteiger partial charge on any atom is 0.0615 e. The monoisotopic (exact) mass is 289 g/mol. The van der Waals surface area contributed by atoms with Gasteiger partial charge in [0.2, 0.25) is 0 Å². The predicted octanol–water partition coefficient (Wildman–Crippen LogP) is 2.62. The number of halogens is 2. The molecule has 0 aromatic heterocycles. The van der Waals surface area contributed by atoms with Gasteiger partial charge in [-0.1, -0.05) is 23.2 Å². The summed E-state index contributed by atoms with van der Waals surface area (Å²) in [5.41, 5.74) is 0.688. The fourth-order valence-corrected chi connectivity index (χ4v) is 2.49. The molecule has 2 N–H and O–H groups in total. The average molecular weight is 290 g/mol. The van der Waals surface area contributed by atoms with Gasteiger partial charge in [-0.25, -0.2) is 0 Å². The molecule has 0 bridgehead atoms. The molecule has 0 atom stereocenters. The number of ether oxygens (including phenoxy) is 1. The molecule has 0 saturated carbocycles. The molecule has 0 aliphatic carbocycles. The summed E-state index contributed by atoms with van der Waals surface area (Å²) >= 11 is 12.1. The highest BCUT2D eigenvalue weighted by molar-refractivity contribution is 6.33. The molecule has 1 fully saturated rings. The van der Waals surface area contributed by atoms with Gasteiger partial charge in [-0.2, -0.15) is 0 Å². The van der Waals surface area contributed by atoms with E-state index in [-0.39, 0.29) is 12.1 Å². The van der Waals surface area contributed by atoms with Crippen LogP contribution in [0.5, 0.6) is 0 Å². The molecule has 1 heterocycles. The standard InChI is InChI=1S/C13H17Cl2NO2/c14-11-1-2-12(15)10(7-11)8-16-13(9-17)3-5-18-6-4-13/h1-2,7,16-17H,3-6,8-9H2. The first-order valence-corrected chi connectivity index (χ1v) is 6.78. The van der Waals surface area contributed by atoms with Gasteiger partial charge >= 0.3 is 0 Å². The Morgan fingerprint density at radius 1 is 1.28 bits per heavy atom. The maximum atomic E-state index is 9.57. The van der Waals surface area contributed by atoms with Crippen molar-refractivity contribution in [2.75, 3.05) is 19.8 Å². The van der Waals surface area contributed by atoms with Crippen molar-refractivity contribution in [1.82, 2.24) is 5.32 Å². The predicted molar refractivity (Wildman–Crippen MR) is 73.2 cm³/mol. The molecule has 3 nitrogen and oxygen atoms in total. The average Bonchev–Trinajstić information content (AvgIpc) is 2.41. The van der Waals surface area contributed by atoms with Crippen LogP contribution in [0.15, 0.2) is 18.2 Å². The third-order valence-corrected chi connectivity index (χ3v) is 4.02. The Bertz CT molecular complexity index is 406. The largest absolute Gasteiger partial charge is 0.394 e. The van der Waals surface area contributed by atoms with E-state index in [1.807, 2.05) is 6.07 Å². The van der Waals surface area contributed by atoms with Gasteiger partial charge in [-0.05, 0) is 36.6 Å². The lowest BCUT2D eigenvalue weighted by Crippen LogP contribution is -2.51. The van der Waals surface area contributed by atoms with Gasteiger partial charge in [0.25, 0.3) is 0 Å². The third-order valence-electron chi connectivity index (χ3n) is 3.41. The highest BCUT2D eigenvalue weighted by atomic mass is 35.5. The molecule has 0 unspecified atom stereocenters. The van der Waals surface area contributed by atoms with Crippen LogP contribution in [0, 0.1) is 0 Å². The van der Waals surface area contributed by atoms with Crippen LogP contribution in [0.4, 0.5) is 0 Å². The van der Waals surface area contributed by atoms with Crippen LogP contribution in [0.2, 0.25) is 10.0 Å². The van der Waals surface area contributed by atoms with Crippen LogP contribution in [-0.4, -0.2) is 30.5 Å². The van der Waals surface area contributed by atoms with Crippen LogP contribution in [0.25, 0.3) is 0 Å². The summed E-state index contributed by atoms with van der Waals surface area (Å²) in [5.74, 6) is 0. The first-order valence-electron chi connectivity index (χ1n) is 6.03. The summed E-state index contributed by atoms with van der Waals surface area (Å²) in [6.45, 7) is 2.06. The fourth-order valence-electron chi connectivity index (χ4n) is 2.11. The second kappa shape index (κ2) is 6.22. The van der Waals surface area contributed by atoms with Crippen molar-refractivity contribution in [2.24, 2.45) is 0 Å². The number of aliphatic hydroxyl groups is 1. The minimum Gasteiger partial charge on any atom is -0.394 e. The van der Waals surface area contributed by atoms with Crippen LogP contribution in [0.1, 0.15) is 18.4 Å². The van der Waals surface area contributed by atoms with Crippen molar-refractivity contribution < 1.29 is 9.84 Å². The number of benzene rings is 1. The lowest BCUT2D eigenvalue weighted by atomic mass is 9.90. The lowest BCUT2D eigenvalue weighted by molar-refractivity contribution is 0.0112. The molecule has 0 spiro atoms. The van der Waals surface area contributed by atoms with Gasteiger partial charge in [-0.15, -0.1) is 0 Å². The Morgan fingerprint density at radius 3 is 2.67 bits per heavy atom. The van der Waals surface area contributed by atoms with E-state index in [0.717, 1.165) is 18.4 Å². The van der Waals surface area contributed by atoms with Gasteiger partial charge in [0.1, 0.15) is 0 Å². The molecular weight excluding hydrogens is 273 g/mol. The van der Waals surface area contributed by atoms with Crippen molar-refractivity contribution in [3.8, 4) is 0 Å². The zero-order valence-corrected chi connectivity index (χ0v) is 11.6. The number of rotatable bonds is 4. The Balaban J connectivity index is 2.03. The maximum absolute atomic E-state index is 9.57. The molecule has 1 aliphatic rings. The van der Waals surface area contributed by atoms with E-state index in [0.29, 0.717) is 29.8 Å². The van der Waals surface area contributed by atoms with E-state index < -0.39 is 0 Å². The number of nitrogens with one attached hydrogen (secondary N) is 1. The van der Waals surface area contributed by atoms with Crippen LogP contribution in [-0.2, 0) is 11.3 Å². The van der Waals surface area contributed by atoms with Gasteiger partial charge in [0.15, 0.2) is 0 Å². The van der Waals surface area contributed by atoms with Crippen LogP contribution >= 0.6 is 23.2 Å². The Labute approximate surface area is 117 Å². The summed E-state index contributed by atoms with van der Waals surface area (Å²) in [5, 5.41) is 14.3. The summed E-state index contributed by atoms with van der Waals surface area (Å²) in [4.78, 5) is 0. The van der Waals surface area contributed by atoms with Gasteiger partial charge < -0.3 is 15.2 Å². The molecule has 2 rings (SSSR count). The summed E-state index contributed by atoms with van der Waals surface area (Å²) in [6, 6.07) is 5.40.